The third-order valence-electron chi connectivity index (χ3n) is 5.26. The lowest BCUT2D eigenvalue weighted by Gasteiger charge is -2.42. The molecular formula is C22H25F2NO4. The van der Waals surface area contributed by atoms with Gasteiger partial charge < -0.3 is 14.8 Å². The van der Waals surface area contributed by atoms with E-state index in [1.165, 1.54) is 12.1 Å². The van der Waals surface area contributed by atoms with Crippen LogP contribution in [0.2, 0.25) is 0 Å². The van der Waals surface area contributed by atoms with Crippen LogP contribution in [0.4, 0.5) is 8.78 Å². The number of esters is 1. The van der Waals surface area contributed by atoms with Crippen LogP contribution in [-0.2, 0) is 14.3 Å². The van der Waals surface area contributed by atoms with Gasteiger partial charge in [0.2, 0.25) is 0 Å². The molecule has 0 saturated carbocycles. The molecule has 1 aromatic rings. The highest BCUT2D eigenvalue weighted by Crippen LogP contribution is 2.48. The third kappa shape index (κ3) is 4.33. The number of alkyl halides is 2. The van der Waals surface area contributed by atoms with Gasteiger partial charge in [-0.3, -0.25) is 9.59 Å². The minimum Gasteiger partial charge on any atom is -0.465 e. The molecule has 1 heterocycles. The molecule has 0 spiro atoms. The highest BCUT2D eigenvalue weighted by Gasteiger charge is 2.46. The first-order chi connectivity index (χ1) is 13.6. The Morgan fingerprint density at radius 2 is 1.93 bits per heavy atom. The minimum atomic E-state index is -2.93. The Labute approximate surface area is 168 Å². The summed E-state index contributed by atoms with van der Waals surface area (Å²) in [7, 11) is 0. The molecule has 7 heteroatoms. The zero-order valence-corrected chi connectivity index (χ0v) is 16.8. The van der Waals surface area contributed by atoms with Crippen molar-refractivity contribution >= 4 is 11.8 Å². The highest BCUT2D eigenvalue weighted by molar-refractivity contribution is 6.00. The minimum absolute atomic E-state index is 0.00880. The number of hydrogen-bond acceptors (Lipinski definition) is 5. The smallest absolute Gasteiger partial charge is 0.387 e. The molecule has 156 valence electrons. The van der Waals surface area contributed by atoms with Crippen molar-refractivity contribution in [3.05, 3.63) is 53.4 Å². The van der Waals surface area contributed by atoms with E-state index in [2.05, 4.69) is 16.6 Å². The number of ketones is 1. The molecular weight excluding hydrogens is 380 g/mol. The summed E-state index contributed by atoms with van der Waals surface area (Å²) in [6, 6.07) is 6.02. The maximum Gasteiger partial charge on any atom is 0.387 e. The Bertz CT molecular complexity index is 858. The van der Waals surface area contributed by atoms with Gasteiger partial charge in [-0.15, -0.1) is 0 Å². The summed E-state index contributed by atoms with van der Waals surface area (Å²) in [5.74, 6) is -1.90. The fourth-order valence-electron chi connectivity index (χ4n) is 4.17. The molecule has 1 N–H and O–H groups in total. The van der Waals surface area contributed by atoms with Crippen molar-refractivity contribution in [2.75, 3.05) is 6.61 Å². The molecule has 1 aliphatic carbocycles. The molecule has 0 radical (unpaired) electrons. The molecule has 0 saturated heterocycles. The molecule has 5 nitrogen and oxygen atoms in total. The standard InChI is InChI=1S/C22H25F2NO4/c1-5-28-20(27)17-12(2)25-15-10-22(3,4)11-16(26)19(15)18(17)13-6-8-14(9-7-13)29-21(23)24/h6-9,17-18,21,25H,2,5,10-11H2,1,3-4H3. The molecule has 2 atom stereocenters. The van der Waals surface area contributed by atoms with Crippen molar-refractivity contribution in [2.45, 2.75) is 46.1 Å². The molecule has 29 heavy (non-hydrogen) atoms. The van der Waals surface area contributed by atoms with Crippen molar-refractivity contribution in [1.82, 2.24) is 5.32 Å². The van der Waals surface area contributed by atoms with E-state index >= 15 is 0 Å². The number of hydrogen-bond donors (Lipinski definition) is 1. The van der Waals surface area contributed by atoms with Crippen LogP contribution in [0.25, 0.3) is 0 Å². The number of benzene rings is 1. The summed E-state index contributed by atoms with van der Waals surface area (Å²) < 4.78 is 34.6. The van der Waals surface area contributed by atoms with Crippen molar-refractivity contribution < 1.29 is 27.8 Å². The zero-order chi connectivity index (χ0) is 21.3. The lowest BCUT2D eigenvalue weighted by molar-refractivity contribution is -0.147. The largest absolute Gasteiger partial charge is 0.465 e. The molecule has 0 amide bonds. The Morgan fingerprint density at radius 3 is 2.52 bits per heavy atom. The van der Waals surface area contributed by atoms with Crippen LogP contribution < -0.4 is 10.1 Å². The van der Waals surface area contributed by atoms with Crippen LogP contribution in [-0.4, -0.2) is 25.0 Å². The van der Waals surface area contributed by atoms with Crippen LogP contribution in [0.3, 0.4) is 0 Å². The molecule has 0 bridgehead atoms. The van der Waals surface area contributed by atoms with Crippen LogP contribution in [0, 0.1) is 11.3 Å². The summed E-state index contributed by atoms with van der Waals surface area (Å²) in [6.07, 6.45) is 1.00. The molecule has 1 aliphatic heterocycles. The number of allylic oxidation sites excluding steroid dienone is 2. The van der Waals surface area contributed by atoms with Gasteiger partial charge in [-0.2, -0.15) is 8.78 Å². The summed E-state index contributed by atoms with van der Waals surface area (Å²) in [6.45, 7) is 7.03. The van der Waals surface area contributed by atoms with Gasteiger partial charge in [0.1, 0.15) is 11.7 Å². The van der Waals surface area contributed by atoms with Crippen molar-refractivity contribution in [2.24, 2.45) is 11.3 Å². The van der Waals surface area contributed by atoms with E-state index in [1.807, 2.05) is 13.8 Å². The molecule has 0 fully saturated rings. The van der Waals surface area contributed by atoms with E-state index in [-0.39, 0.29) is 23.6 Å². The Morgan fingerprint density at radius 1 is 1.28 bits per heavy atom. The lowest BCUT2D eigenvalue weighted by Crippen LogP contribution is -2.43. The predicted octanol–water partition coefficient (Wildman–Crippen LogP) is 4.31. The topological polar surface area (TPSA) is 64.6 Å². The van der Waals surface area contributed by atoms with Gasteiger partial charge >= 0.3 is 12.6 Å². The van der Waals surface area contributed by atoms with Crippen LogP contribution >= 0.6 is 0 Å². The number of carbonyl (C=O) groups excluding carboxylic acids is 2. The van der Waals surface area contributed by atoms with E-state index in [0.717, 1.165) is 5.70 Å². The van der Waals surface area contributed by atoms with Gasteiger partial charge in [-0.1, -0.05) is 32.6 Å². The fraction of sp³-hybridized carbons (Fsp3) is 0.455. The van der Waals surface area contributed by atoms with E-state index in [1.54, 1.807) is 19.1 Å². The van der Waals surface area contributed by atoms with E-state index < -0.39 is 24.4 Å². The summed E-state index contributed by atoms with van der Waals surface area (Å²) in [5, 5.41) is 3.17. The van der Waals surface area contributed by atoms with Gasteiger partial charge in [0.15, 0.2) is 5.78 Å². The second-order valence-corrected chi connectivity index (χ2v) is 8.14. The zero-order valence-electron chi connectivity index (χ0n) is 16.8. The summed E-state index contributed by atoms with van der Waals surface area (Å²) >= 11 is 0. The van der Waals surface area contributed by atoms with Gasteiger partial charge in [-0.05, 0) is 36.5 Å². The third-order valence-corrected chi connectivity index (χ3v) is 5.26. The summed E-state index contributed by atoms with van der Waals surface area (Å²) in [5.41, 5.74) is 2.20. The number of carbonyl (C=O) groups is 2. The van der Waals surface area contributed by atoms with Crippen LogP contribution in [0.1, 0.15) is 45.1 Å². The quantitative estimate of drug-likeness (QED) is 0.740. The van der Waals surface area contributed by atoms with Crippen LogP contribution in [0.15, 0.2) is 47.8 Å². The number of nitrogens with one attached hydrogen (secondary N) is 1. The Kier molecular flexibility index (Phi) is 5.78. The predicted molar refractivity (Wildman–Crippen MR) is 103 cm³/mol. The maximum absolute atomic E-state index is 13.1. The lowest BCUT2D eigenvalue weighted by atomic mass is 9.66. The number of rotatable bonds is 5. The van der Waals surface area contributed by atoms with Gasteiger partial charge in [0, 0.05) is 29.3 Å². The number of Topliss-reactive ketones (excluding diaryl/α,β-unsaturated/α-hetero) is 1. The average Bonchev–Trinajstić information content (AvgIpc) is 2.59. The van der Waals surface area contributed by atoms with E-state index in [4.69, 9.17) is 4.74 Å². The first-order valence-corrected chi connectivity index (χ1v) is 9.56. The van der Waals surface area contributed by atoms with E-state index in [9.17, 15) is 18.4 Å². The number of ether oxygens (including phenoxy) is 2. The van der Waals surface area contributed by atoms with Crippen LogP contribution in [0.5, 0.6) is 5.75 Å². The average molecular weight is 405 g/mol. The summed E-state index contributed by atoms with van der Waals surface area (Å²) in [4.78, 5) is 25.8. The highest BCUT2D eigenvalue weighted by atomic mass is 19.3. The van der Waals surface area contributed by atoms with Crippen molar-refractivity contribution in [1.29, 1.82) is 0 Å². The Balaban J connectivity index is 2.09. The SMILES string of the molecule is C=C1NC2=C(C(=O)CC(C)(C)C2)C(c2ccc(OC(F)F)cc2)C1C(=O)OCC. The normalized spacial score (nSPS) is 23.5. The van der Waals surface area contributed by atoms with Gasteiger partial charge in [-0.25, -0.2) is 0 Å². The second kappa shape index (κ2) is 7.97. The molecule has 2 unspecified atom stereocenters. The van der Waals surface area contributed by atoms with E-state index in [0.29, 0.717) is 29.7 Å². The first-order valence-electron chi connectivity index (χ1n) is 9.56. The van der Waals surface area contributed by atoms with Gasteiger partial charge in [0.25, 0.3) is 0 Å². The van der Waals surface area contributed by atoms with Crippen molar-refractivity contribution in [3.63, 3.8) is 0 Å². The monoisotopic (exact) mass is 405 g/mol. The molecule has 0 aromatic heterocycles. The molecule has 1 aromatic carbocycles. The molecule has 3 rings (SSSR count). The van der Waals surface area contributed by atoms with Crippen molar-refractivity contribution in [3.8, 4) is 5.75 Å². The molecule has 2 aliphatic rings. The maximum atomic E-state index is 13.1. The first kappa shape index (κ1) is 21.0. The van der Waals surface area contributed by atoms with Gasteiger partial charge in [0.05, 0.1) is 6.61 Å². The number of halogens is 2. The second-order valence-electron chi connectivity index (χ2n) is 8.14. The Hall–Kier alpha value is -2.70. The fourth-order valence-corrected chi connectivity index (χ4v) is 4.17.